The summed E-state index contributed by atoms with van der Waals surface area (Å²) in [6.07, 6.45) is 11.6. The molecule has 0 aromatic carbocycles. The summed E-state index contributed by atoms with van der Waals surface area (Å²) in [6, 6.07) is 0. The maximum atomic E-state index is 11.4. The summed E-state index contributed by atoms with van der Waals surface area (Å²) in [5.41, 5.74) is 0. The van der Waals surface area contributed by atoms with E-state index >= 15 is 0 Å². The molecule has 0 bridgehead atoms. The van der Waals surface area contributed by atoms with Crippen LogP contribution in [0.2, 0.25) is 0 Å². The number of carbonyl (C=O) groups is 1. The van der Waals surface area contributed by atoms with Gasteiger partial charge in [-0.15, -0.1) is 0 Å². The number of carbonyl (C=O) groups excluding carboxylic acids is 1. The number of allylic oxidation sites excluding steroid dienone is 1. The molecule has 1 N–H and O–H groups in total. The third kappa shape index (κ3) is 6.94. The molecule has 0 saturated heterocycles. The van der Waals surface area contributed by atoms with Crippen molar-refractivity contribution in [3.63, 3.8) is 0 Å². The highest BCUT2D eigenvalue weighted by Crippen LogP contribution is 2.08. The van der Waals surface area contributed by atoms with Gasteiger partial charge in [-0.3, -0.25) is 0 Å². The van der Waals surface area contributed by atoms with Gasteiger partial charge in [0.2, 0.25) is 0 Å². The molecule has 0 amide bonds. The SMILES string of the molecule is COC1C=CCCCC(C)OC(=O)C=CC(O)C=C1. The van der Waals surface area contributed by atoms with E-state index in [1.54, 1.807) is 19.3 Å². The van der Waals surface area contributed by atoms with Gasteiger partial charge in [0.15, 0.2) is 0 Å². The molecule has 0 aromatic heterocycles. The Morgan fingerprint density at radius 2 is 2.11 bits per heavy atom. The maximum Gasteiger partial charge on any atom is 0.330 e. The Kier molecular flexibility index (Phi) is 7.15. The van der Waals surface area contributed by atoms with Crippen LogP contribution >= 0.6 is 0 Å². The zero-order valence-electron chi connectivity index (χ0n) is 11.5. The first-order valence-electron chi connectivity index (χ1n) is 6.56. The molecule has 1 aliphatic rings. The molecule has 4 heteroatoms. The maximum absolute atomic E-state index is 11.4. The van der Waals surface area contributed by atoms with Gasteiger partial charge in [-0.2, -0.15) is 0 Å². The van der Waals surface area contributed by atoms with Crippen LogP contribution in [0.4, 0.5) is 0 Å². The van der Waals surface area contributed by atoms with Gasteiger partial charge >= 0.3 is 5.97 Å². The first-order chi connectivity index (χ1) is 9.11. The van der Waals surface area contributed by atoms with Gasteiger partial charge in [0.1, 0.15) is 0 Å². The van der Waals surface area contributed by atoms with Crippen LogP contribution < -0.4 is 0 Å². The largest absolute Gasteiger partial charge is 0.460 e. The predicted octanol–water partition coefficient (Wildman–Crippen LogP) is 2.15. The molecule has 4 nitrogen and oxygen atoms in total. The summed E-state index contributed by atoms with van der Waals surface area (Å²) in [5, 5.41) is 9.65. The molecular formula is C15H22O4. The van der Waals surface area contributed by atoms with Crippen molar-refractivity contribution < 1.29 is 19.4 Å². The van der Waals surface area contributed by atoms with Crippen molar-refractivity contribution in [2.45, 2.75) is 44.5 Å². The number of methoxy groups -OCH3 is 1. The molecule has 0 radical (unpaired) electrons. The standard InChI is InChI=1S/C15H22O4/c1-12-6-4-3-5-7-14(18-2)10-8-13(16)9-11-15(17)19-12/h5,7-14,16H,3-4,6H2,1-2H3. The lowest BCUT2D eigenvalue weighted by molar-refractivity contribution is -0.142. The minimum absolute atomic E-state index is 0.112. The lowest BCUT2D eigenvalue weighted by atomic mass is 10.1. The summed E-state index contributed by atoms with van der Waals surface area (Å²) >= 11 is 0. The van der Waals surface area contributed by atoms with Crippen LogP contribution in [-0.2, 0) is 14.3 Å². The molecule has 106 valence electrons. The molecule has 0 aliphatic carbocycles. The van der Waals surface area contributed by atoms with Gasteiger partial charge in [0.05, 0.1) is 18.3 Å². The van der Waals surface area contributed by atoms with Gasteiger partial charge < -0.3 is 14.6 Å². The summed E-state index contributed by atoms with van der Waals surface area (Å²) in [7, 11) is 1.62. The second kappa shape index (κ2) is 8.67. The molecule has 19 heavy (non-hydrogen) atoms. The summed E-state index contributed by atoms with van der Waals surface area (Å²) in [6.45, 7) is 1.87. The van der Waals surface area contributed by atoms with E-state index in [9.17, 15) is 9.90 Å². The van der Waals surface area contributed by atoms with Crippen molar-refractivity contribution in [3.8, 4) is 0 Å². The molecule has 0 saturated carbocycles. The number of hydrogen-bond donors (Lipinski definition) is 1. The van der Waals surface area contributed by atoms with Gasteiger partial charge in [0, 0.05) is 13.2 Å². The number of aliphatic hydroxyl groups excluding tert-OH is 1. The number of cyclic esters (lactones) is 1. The third-order valence-electron chi connectivity index (χ3n) is 2.82. The molecule has 3 unspecified atom stereocenters. The average molecular weight is 266 g/mol. The normalized spacial score (nSPS) is 29.8. The van der Waals surface area contributed by atoms with Crippen molar-refractivity contribution in [1.29, 1.82) is 0 Å². The van der Waals surface area contributed by atoms with Crippen molar-refractivity contribution in [3.05, 3.63) is 36.5 Å². The van der Waals surface area contributed by atoms with Crippen molar-refractivity contribution in [1.82, 2.24) is 0 Å². The number of hydrogen-bond acceptors (Lipinski definition) is 4. The van der Waals surface area contributed by atoms with E-state index in [2.05, 4.69) is 0 Å². The first-order valence-corrected chi connectivity index (χ1v) is 6.56. The van der Waals surface area contributed by atoms with Gasteiger partial charge in [-0.25, -0.2) is 4.79 Å². The Morgan fingerprint density at radius 1 is 1.32 bits per heavy atom. The highest BCUT2D eigenvalue weighted by Gasteiger charge is 2.07. The topological polar surface area (TPSA) is 55.8 Å². The fraction of sp³-hybridized carbons (Fsp3) is 0.533. The Labute approximate surface area is 114 Å². The number of aliphatic hydroxyl groups is 1. The monoisotopic (exact) mass is 266 g/mol. The van der Waals surface area contributed by atoms with Gasteiger partial charge in [-0.1, -0.05) is 24.3 Å². The van der Waals surface area contributed by atoms with E-state index in [4.69, 9.17) is 9.47 Å². The van der Waals surface area contributed by atoms with E-state index in [1.807, 2.05) is 19.1 Å². The third-order valence-corrected chi connectivity index (χ3v) is 2.82. The summed E-state index contributed by atoms with van der Waals surface area (Å²) in [5.74, 6) is -0.421. The first kappa shape index (κ1) is 15.7. The van der Waals surface area contributed by atoms with Crippen LogP contribution in [0.3, 0.4) is 0 Å². The van der Waals surface area contributed by atoms with E-state index in [0.717, 1.165) is 19.3 Å². The van der Waals surface area contributed by atoms with Crippen LogP contribution in [0.1, 0.15) is 26.2 Å². The van der Waals surface area contributed by atoms with Crippen molar-refractivity contribution >= 4 is 5.97 Å². The fourth-order valence-corrected chi connectivity index (χ4v) is 1.74. The Bertz CT molecular complexity index is 357. The van der Waals surface area contributed by atoms with Crippen molar-refractivity contribution in [2.75, 3.05) is 7.11 Å². The van der Waals surface area contributed by atoms with E-state index in [-0.39, 0.29) is 12.2 Å². The summed E-state index contributed by atoms with van der Waals surface area (Å²) in [4.78, 5) is 11.4. The number of esters is 1. The van der Waals surface area contributed by atoms with E-state index < -0.39 is 12.1 Å². The molecule has 0 spiro atoms. The fourth-order valence-electron chi connectivity index (χ4n) is 1.74. The lowest BCUT2D eigenvalue weighted by Crippen LogP contribution is -2.13. The average Bonchev–Trinajstić information content (AvgIpc) is 2.38. The molecule has 1 aliphatic heterocycles. The minimum Gasteiger partial charge on any atom is -0.460 e. The van der Waals surface area contributed by atoms with E-state index in [0.29, 0.717) is 0 Å². The zero-order valence-corrected chi connectivity index (χ0v) is 11.5. The van der Waals surface area contributed by atoms with Crippen LogP contribution in [-0.4, -0.2) is 36.5 Å². The smallest absolute Gasteiger partial charge is 0.330 e. The number of rotatable bonds is 1. The van der Waals surface area contributed by atoms with Crippen LogP contribution in [0.15, 0.2) is 36.5 Å². The second-order valence-corrected chi connectivity index (χ2v) is 4.54. The van der Waals surface area contributed by atoms with Crippen molar-refractivity contribution in [2.24, 2.45) is 0 Å². The quantitative estimate of drug-likeness (QED) is 0.583. The Morgan fingerprint density at radius 3 is 2.84 bits per heavy atom. The van der Waals surface area contributed by atoms with Gasteiger partial charge in [0.25, 0.3) is 0 Å². The predicted molar refractivity (Wildman–Crippen MR) is 73.6 cm³/mol. The highest BCUT2D eigenvalue weighted by atomic mass is 16.5. The molecule has 3 atom stereocenters. The lowest BCUT2D eigenvalue weighted by Gasteiger charge is -2.12. The van der Waals surface area contributed by atoms with Gasteiger partial charge in [-0.05, 0) is 32.3 Å². The second-order valence-electron chi connectivity index (χ2n) is 4.54. The van der Waals surface area contributed by atoms with Crippen LogP contribution in [0.5, 0.6) is 0 Å². The molecule has 1 heterocycles. The van der Waals surface area contributed by atoms with Crippen LogP contribution in [0, 0.1) is 0 Å². The molecular weight excluding hydrogens is 244 g/mol. The molecule has 0 aromatic rings. The summed E-state index contributed by atoms with van der Waals surface area (Å²) < 4.78 is 10.4. The molecule has 1 rings (SSSR count). The number of ether oxygens (including phenoxy) is 2. The Balaban J connectivity index is 2.73. The minimum atomic E-state index is -0.822. The van der Waals surface area contributed by atoms with Crippen LogP contribution in [0.25, 0.3) is 0 Å². The Hall–Kier alpha value is -1.39. The van der Waals surface area contributed by atoms with E-state index in [1.165, 1.54) is 12.2 Å². The molecule has 0 fully saturated rings. The highest BCUT2D eigenvalue weighted by molar-refractivity contribution is 5.82. The zero-order chi connectivity index (χ0) is 14.1.